The monoisotopic (exact) mass is 719 g/mol. The van der Waals surface area contributed by atoms with Gasteiger partial charge in [-0.1, -0.05) is 41.4 Å². The number of carboxylic acids is 1. The molecule has 0 aliphatic heterocycles. The average Bonchev–Trinajstić information content (AvgIpc) is 3.38. The van der Waals surface area contributed by atoms with Crippen molar-refractivity contribution in [3.8, 4) is 5.75 Å². The van der Waals surface area contributed by atoms with E-state index in [0.717, 1.165) is 71.7 Å². The van der Waals surface area contributed by atoms with Gasteiger partial charge < -0.3 is 20.5 Å². The number of aliphatic carboxylic acids is 1. The number of carboxylic acid groups (broad SMARTS) is 1. The lowest BCUT2D eigenvalue weighted by Gasteiger charge is -2.28. The molecule has 2 heterocycles. The Morgan fingerprint density at radius 2 is 1.67 bits per heavy atom. The molecule has 0 atom stereocenters. The molecular weight excluding hydrogens is 690 g/mol. The Morgan fingerprint density at radius 3 is 2.28 bits per heavy atom. The maximum atomic E-state index is 12.6. The predicted octanol–water partition coefficient (Wildman–Crippen LogP) is 7.58. The Balaban J connectivity index is 0.000000617. The van der Waals surface area contributed by atoms with Crippen molar-refractivity contribution in [2.24, 2.45) is 11.8 Å². The lowest BCUT2D eigenvalue weighted by Crippen LogP contribution is -2.32. The van der Waals surface area contributed by atoms with Crippen molar-refractivity contribution >= 4 is 78.9 Å². The molecule has 4 N–H and O–H groups in total. The van der Waals surface area contributed by atoms with Gasteiger partial charge in [-0.25, -0.2) is 22.9 Å². The van der Waals surface area contributed by atoms with Gasteiger partial charge in [0.25, 0.3) is 0 Å². The van der Waals surface area contributed by atoms with Crippen molar-refractivity contribution in [2.75, 3.05) is 30.8 Å². The van der Waals surface area contributed by atoms with Crippen molar-refractivity contribution in [1.29, 1.82) is 0 Å². The van der Waals surface area contributed by atoms with Gasteiger partial charge in [-0.05, 0) is 67.9 Å². The van der Waals surface area contributed by atoms with E-state index in [-0.39, 0.29) is 15.1 Å². The quantitative estimate of drug-likeness (QED) is 0.130. The van der Waals surface area contributed by atoms with Gasteiger partial charge in [-0.3, -0.25) is 0 Å². The Bertz CT molecular complexity index is 1770. The predicted molar refractivity (Wildman–Crippen MR) is 173 cm³/mol. The Labute approximate surface area is 277 Å². The van der Waals surface area contributed by atoms with Gasteiger partial charge in [-0.2, -0.15) is 18.2 Å². The van der Waals surface area contributed by atoms with E-state index < -0.39 is 22.2 Å². The highest BCUT2D eigenvalue weighted by atomic mass is 35.5. The summed E-state index contributed by atoms with van der Waals surface area (Å²) in [6, 6.07) is 17.0. The zero-order valence-electron chi connectivity index (χ0n) is 24.3. The van der Waals surface area contributed by atoms with Crippen LogP contribution in [0.2, 0.25) is 8.67 Å². The third-order valence-corrected chi connectivity index (χ3v) is 10.3. The molecule has 1 aliphatic rings. The molecule has 4 aromatic rings. The molecular formula is C29H30Cl2F3N5O5S2. The topological polar surface area (TPSA) is 143 Å². The molecule has 1 aliphatic carbocycles. The molecule has 10 nitrogen and oxygen atoms in total. The molecule has 1 fully saturated rings. The number of ether oxygens (including phenoxy) is 1. The standard InChI is InChI=1S/C27H29Cl2N5O3S2.C2HF3O2/c1-37-20-6-4-5-19(13-20)32-26-21-7-2-3-8-22(21)33-27(34-26)30-15-17-9-11-18(12-10-17)16-31-39(35,36)23-14-24(28)38-25(23)29;3-2(4,5)1(6)7/h2-8,13-14,17-18,31H,9-12,15-16H2,1H3,(H2,30,32,33,34);(H,6,7). The zero-order chi connectivity index (χ0) is 33.5. The minimum absolute atomic E-state index is 0.0488. The van der Waals surface area contributed by atoms with Crippen molar-refractivity contribution in [2.45, 2.75) is 36.8 Å². The fourth-order valence-corrected chi connectivity index (χ4v) is 8.04. The number of aromatic nitrogens is 2. The van der Waals surface area contributed by atoms with Crippen LogP contribution in [0.1, 0.15) is 25.7 Å². The second-order valence-corrected chi connectivity index (χ2v) is 14.4. The first-order valence-electron chi connectivity index (χ1n) is 13.9. The summed E-state index contributed by atoms with van der Waals surface area (Å²) in [6.07, 6.45) is -1.22. The normalized spacial score (nSPS) is 16.7. The summed E-state index contributed by atoms with van der Waals surface area (Å²) in [5.41, 5.74) is 1.73. The molecule has 0 saturated heterocycles. The van der Waals surface area contributed by atoms with E-state index in [4.69, 9.17) is 47.8 Å². The first-order valence-corrected chi connectivity index (χ1v) is 17.0. The third-order valence-electron chi connectivity index (χ3n) is 7.17. The SMILES string of the molecule is COc1cccc(Nc2nc(NCC3CCC(CNS(=O)(=O)c4cc(Cl)sc4Cl)CC3)nc3ccccc23)c1.O=C(O)C(F)(F)F. The van der Waals surface area contributed by atoms with E-state index in [1.165, 1.54) is 6.07 Å². The van der Waals surface area contributed by atoms with Crippen LogP contribution in [0.3, 0.4) is 0 Å². The van der Waals surface area contributed by atoms with Gasteiger partial charge >= 0.3 is 12.1 Å². The largest absolute Gasteiger partial charge is 0.497 e. The molecule has 2 aromatic heterocycles. The van der Waals surface area contributed by atoms with Crippen LogP contribution in [0.15, 0.2) is 59.5 Å². The number of carbonyl (C=O) groups is 1. The number of methoxy groups -OCH3 is 1. The second kappa shape index (κ2) is 15.5. The number of nitrogens with zero attached hydrogens (tertiary/aromatic N) is 2. The molecule has 5 rings (SSSR count). The molecule has 17 heteroatoms. The van der Waals surface area contributed by atoms with E-state index in [2.05, 4.69) is 15.4 Å². The number of fused-ring (bicyclic) bond motifs is 1. The van der Waals surface area contributed by atoms with Crippen LogP contribution in [-0.2, 0) is 14.8 Å². The minimum atomic E-state index is -5.08. The number of hydrogen-bond donors (Lipinski definition) is 4. The number of nitrogens with one attached hydrogen (secondary N) is 3. The molecule has 0 bridgehead atoms. The first-order chi connectivity index (χ1) is 21.7. The van der Waals surface area contributed by atoms with Crippen LogP contribution in [0.5, 0.6) is 5.75 Å². The fraction of sp³-hybridized carbons (Fsp3) is 0.345. The molecule has 1 saturated carbocycles. The number of benzene rings is 2. The summed E-state index contributed by atoms with van der Waals surface area (Å²) >= 11 is 13.0. The molecule has 2 aromatic carbocycles. The summed E-state index contributed by atoms with van der Waals surface area (Å²) < 4.78 is 65.6. The first kappa shape index (κ1) is 35.5. The van der Waals surface area contributed by atoms with E-state index >= 15 is 0 Å². The number of thiophene rings is 1. The van der Waals surface area contributed by atoms with E-state index in [1.54, 1.807) is 7.11 Å². The number of halogens is 5. The number of sulfonamides is 1. The van der Waals surface area contributed by atoms with Gasteiger partial charge in [0, 0.05) is 30.2 Å². The number of rotatable bonds is 10. The third kappa shape index (κ3) is 9.82. The minimum Gasteiger partial charge on any atom is -0.497 e. The van der Waals surface area contributed by atoms with Gasteiger partial charge in [-0.15, -0.1) is 11.3 Å². The van der Waals surface area contributed by atoms with Gasteiger partial charge in [0.1, 0.15) is 20.8 Å². The molecule has 0 unspecified atom stereocenters. The van der Waals surface area contributed by atoms with Crippen LogP contribution >= 0.6 is 34.5 Å². The van der Waals surface area contributed by atoms with Gasteiger partial charge in [0.2, 0.25) is 16.0 Å². The summed E-state index contributed by atoms with van der Waals surface area (Å²) in [4.78, 5) is 18.4. The molecule has 248 valence electrons. The van der Waals surface area contributed by atoms with Crippen molar-refractivity contribution < 1.29 is 36.2 Å². The highest BCUT2D eigenvalue weighted by molar-refractivity contribution is 7.89. The molecule has 46 heavy (non-hydrogen) atoms. The average molecular weight is 721 g/mol. The zero-order valence-corrected chi connectivity index (χ0v) is 27.4. The molecule has 0 amide bonds. The lowest BCUT2D eigenvalue weighted by atomic mass is 9.82. The van der Waals surface area contributed by atoms with Crippen LogP contribution < -0.4 is 20.1 Å². The Kier molecular flexibility index (Phi) is 11.9. The number of para-hydroxylation sites is 1. The number of alkyl halides is 3. The number of hydrogen-bond acceptors (Lipinski definition) is 9. The van der Waals surface area contributed by atoms with E-state index in [1.807, 2.05) is 48.5 Å². The smallest absolute Gasteiger partial charge is 0.490 e. The van der Waals surface area contributed by atoms with Crippen LogP contribution in [0.4, 0.5) is 30.6 Å². The highest BCUT2D eigenvalue weighted by Crippen LogP contribution is 2.35. The lowest BCUT2D eigenvalue weighted by molar-refractivity contribution is -0.192. The second-order valence-electron chi connectivity index (χ2n) is 10.4. The van der Waals surface area contributed by atoms with Crippen molar-refractivity contribution in [3.05, 3.63) is 63.3 Å². The summed E-state index contributed by atoms with van der Waals surface area (Å²) in [6.45, 7) is 1.14. The fourth-order valence-electron chi connectivity index (χ4n) is 4.78. The van der Waals surface area contributed by atoms with Crippen LogP contribution in [-0.4, -0.2) is 55.8 Å². The maximum Gasteiger partial charge on any atom is 0.490 e. The van der Waals surface area contributed by atoms with Crippen LogP contribution in [0, 0.1) is 11.8 Å². The molecule has 0 spiro atoms. The Hall–Kier alpha value is -3.37. The Morgan fingerprint density at radius 1 is 1.02 bits per heavy atom. The number of anilines is 3. The molecule has 0 radical (unpaired) electrons. The van der Waals surface area contributed by atoms with Gasteiger partial charge in [0.15, 0.2) is 0 Å². The van der Waals surface area contributed by atoms with Crippen molar-refractivity contribution in [1.82, 2.24) is 14.7 Å². The van der Waals surface area contributed by atoms with Crippen molar-refractivity contribution in [3.63, 3.8) is 0 Å². The van der Waals surface area contributed by atoms with E-state index in [0.29, 0.717) is 22.7 Å². The van der Waals surface area contributed by atoms with Gasteiger partial charge in [0.05, 0.1) is 17.0 Å². The summed E-state index contributed by atoms with van der Waals surface area (Å²) in [7, 11) is -2.03. The highest BCUT2D eigenvalue weighted by Gasteiger charge is 2.38. The summed E-state index contributed by atoms with van der Waals surface area (Å²) in [5, 5.41) is 14.9. The maximum absolute atomic E-state index is 12.6. The van der Waals surface area contributed by atoms with E-state index in [9.17, 15) is 21.6 Å². The summed E-state index contributed by atoms with van der Waals surface area (Å²) in [5.74, 6) is 0.0271. The van der Waals surface area contributed by atoms with Crippen LogP contribution in [0.25, 0.3) is 10.9 Å².